The van der Waals surface area contributed by atoms with E-state index in [4.69, 9.17) is 0 Å². The minimum atomic E-state index is 0.496. The first-order chi connectivity index (χ1) is 9.24. The molecule has 1 heterocycles. The Morgan fingerprint density at radius 2 is 1.89 bits per heavy atom. The Labute approximate surface area is 114 Å². The first-order valence-electron chi connectivity index (χ1n) is 6.97. The Morgan fingerprint density at radius 3 is 2.53 bits per heavy atom. The van der Waals surface area contributed by atoms with E-state index in [1.165, 1.54) is 0 Å². The van der Waals surface area contributed by atoms with Crippen LogP contribution in [0.15, 0.2) is 30.3 Å². The number of aryl methyl sites for hydroxylation is 1. The Morgan fingerprint density at radius 1 is 1.16 bits per heavy atom. The van der Waals surface area contributed by atoms with E-state index >= 15 is 0 Å². The average Bonchev–Trinajstić information content (AvgIpc) is 2.89. The van der Waals surface area contributed by atoms with E-state index in [0.717, 1.165) is 36.5 Å². The molecule has 0 aliphatic rings. The molecule has 1 N–H and O–H groups in total. The van der Waals surface area contributed by atoms with Gasteiger partial charge in [-0.3, -0.25) is 0 Å². The lowest BCUT2D eigenvalue weighted by Gasteiger charge is -2.10. The van der Waals surface area contributed by atoms with Crippen LogP contribution in [-0.2, 0) is 13.1 Å². The summed E-state index contributed by atoms with van der Waals surface area (Å²) in [5.41, 5.74) is 3.13. The van der Waals surface area contributed by atoms with E-state index in [0.29, 0.717) is 6.04 Å². The fourth-order valence-corrected chi connectivity index (χ4v) is 1.88. The van der Waals surface area contributed by atoms with E-state index in [2.05, 4.69) is 48.4 Å². The third-order valence-corrected chi connectivity index (χ3v) is 3.29. The lowest BCUT2D eigenvalue weighted by atomic mass is 10.1. The zero-order chi connectivity index (χ0) is 13.7. The maximum Gasteiger partial charge on any atom is 0.117 e. The lowest BCUT2D eigenvalue weighted by Crippen LogP contribution is -2.25. The molecular weight excluding hydrogens is 236 g/mol. The number of rotatable bonds is 6. The maximum atomic E-state index is 4.57. The molecule has 0 aliphatic heterocycles. The van der Waals surface area contributed by atoms with Crippen LogP contribution in [0.25, 0.3) is 11.3 Å². The van der Waals surface area contributed by atoms with Crippen molar-refractivity contribution in [1.82, 2.24) is 20.3 Å². The summed E-state index contributed by atoms with van der Waals surface area (Å²) in [5.74, 6) is 0. The first-order valence-corrected chi connectivity index (χ1v) is 6.97. The van der Waals surface area contributed by atoms with Gasteiger partial charge in [-0.1, -0.05) is 37.3 Å². The Bertz CT molecular complexity index is 504. The van der Waals surface area contributed by atoms with Crippen LogP contribution in [0, 0.1) is 0 Å². The summed E-state index contributed by atoms with van der Waals surface area (Å²) < 4.78 is 0. The third-order valence-electron chi connectivity index (χ3n) is 3.29. The number of nitrogens with zero attached hydrogens (tertiary/aromatic N) is 3. The quantitative estimate of drug-likeness (QED) is 0.866. The highest BCUT2D eigenvalue weighted by molar-refractivity contribution is 5.60. The second kappa shape index (κ2) is 6.48. The fraction of sp³-hybridized carbons (Fsp3) is 0.467. The smallest absolute Gasteiger partial charge is 0.117 e. The van der Waals surface area contributed by atoms with Gasteiger partial charge in [-0.2, -0.15) is 15.0 Å². The van der Waals surface area contributed by atoms with E-state index < -0.39 is 0 Å². The summed E-state index contributed by atoms with van der Waals surface area (Å²) in [7, 11) is 0. The van der Waals surface area contributed by atoms with Crippen LogP contribution >= 0.6 is 0 Å². The van der Waals surface area contributed by atoms with Crippen molar-refractivity contribution in [1.29, 1.82) is 0 Å². The number of nitrogens with one attached hydrogen (secondary N) is 1. The molecule has 1 atom stereocenters. The molecule has 0 amide bonds. The average molecular weight is 258 g/mol. The van der Waals surface area contributed by atoms with E-state index in [1.807, 2.05) is 18.2 Å². The van der Waals surface area contributed by atoms with Crippen molar-refractivity contribution in [2.45, 2.75) is 46.3 Å². The second-order valence-electron chi connectivity index (χ2n) is 4.74. The van der Waals surface area contributed by atoms with E-state index in [-0.39, 0.29) is 0 Å². The normalized spacial score (nSPS) is 12.6. The highest BCUT2D eigenvalue weighted by atomic mass is 15.5. The SMILES string of the molecule is CC[C@@H](C)NCc1nn(CC)nc1-c1ccccc1. The van der Waals surface area contributed by atoms with Gasteiger partial charge in [0.25, 0.3) is 0 Å². The van der Waals surface area contributed by atoms with Gasteiger partial charge in [0.05, 0.1) is 6.54 Å². The molecule has 0 saturated carbocycles. The zero-order valence-corrected chi connectivity index (χ0v) is 11.9. The van der Waals surface area contributed by atoms with Crippen LogP contribution in [-0.4, -0.2) is 21.0 Å². The summed E-state index contributed by atoms with van der Waals surface area (Å²) in [6, 6.07) is 10.7. The first kappa shape index (κ1) is 13.7. The largest absolute Gasteiger partial charge is 0.309 e. The number of hydrogen-bond acceptors (Lipinski definition) is 3. The summed E-state index contributed by atoms with van der Waals surface area (Å²) >= 11 is 0. The molecule has 0 saturated heterocycles. The van der Waals surface area contributed by atoms with Gasteiger partial charge < -0.3 is 5.32 Å². The van der Waals surface area contributed by atoms with Gasteiger partial charge in [0.1, 0.15) is 11.4 Å². The van der Waals surface area contributed by atoms with Crippen LogP contribution in [0.4, 0.5) is 0 Å². The third kappa shape index (κ3) is 3.41. The van der Waals surface area contributed by atoms with Crippen molar-refractivity contribution >= 4 is 0 Å². The Hall–Kier alpha value is -1.68. The topological polar surface area (TPSA) is 42.7 Å². The summed E-state index contributed by atoms with van der Waals surface area (Å²) in [6.07, 6.45) is 1.11. The van der Waals surface area contributed by atoms with Crippen LogP contribution in [0.2, 0.25) is 0 Å². The van der Waals surface area contributed by atoms with Crippen molar-refractivity contribution in [2.24, 2.45) is 0 Å². The summed E-state index contributed by atoms with van der Waals surface area (Å²) in [4.78, 5) is 1.76. The molecule has 2 aromatic rings. The van der Waals surface area contributed by atoms with Crippen LogP contribution < -0.4 is 5.32 Å². The molecule has 19 heavy (non-hydrogen) atoms. The van der Waals surface area contributed by atoms with Gasteiger partial charge in [-0.05, 0) is 20.3 Å². The zero-order valence-electron chi connectivity index (χ0n) is 11.9. The second-order valence-corrected chi connectivity index (χ2v) is 4.74. The maximum absolute atomic E-state index is 4.57. The van der Waals surface area contributed by atoms with Gasteiger partial charge in [0.15, 0.2) is 0 Å². The number of aromatic nitrogens is 3. The van der Waals surface area contributed by atoms with E-state index in [9.17, 15) is 0 Å². The van der Waals surface area contributed by atoms with Crippen molar-refractivity contribution < 1.29 is 0 Å². The summed E-state index contributed by atoms with van der Waals surface area (Å²) in [6.45, 7) is 7.98. The minimum absolute atomic E-state index is 0.496. The molecule has 0 radical (unpaired) electrons. The molecule has 0 fully saturated rings. The van der Waals surface area contributed by atoms with Gasteiger partial charge in [0, 0.05) is 18.2 Å². The van der Waals surface area contributed by atoms with Crippen molar-refractivity contribution in [3.05, 3.63) is 36.0 Å². The van der Waals surface area contributed by atoms with Crippen molar-refractivity contribution in [3.63, 3.8) is 0 Å². The van der Waals surface area contributed by atoms with Gasteiger partial charge in [0.2, 0.25) is 0 Å². The molecule has 0 aliphatic carbocycles. The molecule has 0 spiro atoms. The predicted octanol–water partition coefficient (Wildman–Crippen LogP) is 2.85. The Balaban J connectivity index is 2.24. The summed E-state index contributed by atoms with van der Waals surface area (Å²) in [5, 5.41) is 12.6. The highest BCUT2D eigenvalue weighted by Gasteiger charge is 2.12. The molecule has 1 aromatic carbocycles. The number of hydrogen-bond donors (Lipinski definition) is 1. The molecule has 4 heteroatoms. The van der Waals surface area contributed by atoms with Gasteiger partial charge in [-0.25, -0.2) is 0 Å². The van der Waals surface area contributed by atoms with Crippen LogP contribution in [0.5, 0.6) is 0 Å². The van der Waals surface area contributed by atoms with Crippen LogP contribution in [0.1, 0.15) is 32.9 Å². The molecule has 4 nitrogen and oxygen atoms in total. The lowest BCUT2D eigenvalue weighted by molar-refractivity contribution is 0.516. The predicted molar refractivity (Wildman–Crippen MR) is 77.7 cm³/mol. The standard InChI is InChI=1S/C15H22N4/c1-4-12(3)16-11-14-15(18-19(5-2)17-14)13-9-7-6-8-10-13/h6-10,12,16H,4-5,11H2,1-3H3/t12-/m1/s1. The molecular formula is C15H22N4. The molecule has 1 aromatic heterocycles. The molecule has 0 unspecified atom stereocenters. The Kier molecular flexibility index (Phi) is 4.68. The van der Waals surface area contributed by atoms with Crippen LogP contribution in [0.3, 0.4) is 0 Å². The molecule has 2 rings (SSSR count). The van der Waals surface area contributed by atoms with Crippen molar-refractivity contribution in [3.8, 4) is 11.3 Å². The molecule has 102 valence electrons. The number of benzene rings is 1. The highest BCUT2D eigenvalue weighted by Crippen LogP contribution is 2.19. The monoisotopic (exact) mass is 258 g/mol. The fourth-order valence-electron chi connectivity index (χ4n) is 1.88. The van der Waals surface area contributed by atoms with Gasteiger partial charge in [-0.15, -0.1) is 0 Å². The molecule has 0 bridgehead atoms. The van der Waals surface area contributed by atoms with Crippen molar-refractivity contribution in [2.75, 3.05) is 0 Å². The van der Waals surface area contributed by atoms with Gasteiger partial charge >= 0.3 is 0 Å². The minimum Gasteiger partial charge on any atom is -0.309 e. The van der Waals surface area contributed by atoms with E-state index in [1.54, 1.807) is 4.80 Å².